The molecular weight excluding hydrogens is 230 g/mol. The van der Waals surface area contributed by atoms with Crippen LogP contribution in [-0.4, -0.2) is 35.0 Å². The Bertz CT molecular complexity index is 334. The van der Waals surface area contributed by atoms with Gasteiger partial charge in [0.15, 0.2) is 0 Å². The molecule has 1 N–H and O–H groups in total. The number of hydrogen-bond donors (Lipinski definition) is 1. The first kappa shape index (κ1) is 13.4. The van der Waals surface area contributed by atoms with Gasteiger partial charge in [-0.25, -0.2) is 0 Å². The second-order valence-electron chi connectivity index (χ2n) is 5.77. The molecular formula is C14H23NO3. The molecule has 18 heavy (non-hydrogen) atoms. The second-order valence-corrected chi connectivity index (χ2v) is 5.77. The van der Waals surface area contributed by atoms with Crippen LogP contribution in [0.2, 0.25) is 0 Å². The van der Waals surface area contributed by atoms with Gasteiger partial charge in [0.05, 0.1) is 5.92 Å². The van der Waals surface area contributed by atoms with Gasteiger partial charge in [-0.3, -0.25) is 9.59 Å². The van der Waals surface area contributed by atoms with Crippen molar-refractivity contribution in [3.8, 4) is 0 Å². The highest BCUT2D eigenvalue weighted by molar-refractivity contribution is 5.84. The van der Waals surface area contributed by atoms with E-state index in [0.29, 0.717) is 13.0 Å². The molecule has 1 atom stereocenters. The van der Waals surface area contributed by atoms with E-state index in [1.165, 1.54) is 0 Å². The van der Waals surface area contributed by atoms with Crippen LogP contribution in [0.5, 0.6) is 0 Å². The van der Waals surface area contributed by atoms with Crippen molar-refractivity contribution in [3.63, 3.8) is 0 Å². The minimum absolute atomic E-state index is 0.180. The predicted molar refractivity (Wildman–Crippen MR) is 68.1 cm³/mol. The van der Waals surface area contributed by atoms with E-state index in [0.717, 1.165) is 45.1 Å². The highest BCUT2D eigenvalue weighted by atomic mass is 16.4. The largest absolute Gasteiger partial charge is 0.481 e. The average Bonchev–Trinajstić information content (AvgIpc) is 2.88. The van der Waals surface area contributed by atoms with Crippen molar-refractivity contribution >= 4 is 11.9 Å². The van der Waals surface area contributed by atoms with E-state index in [2.05, 4.69) is 6.92 Å². The summed E-state index contributed by atoms with van der Waals surface area (Å²) in [4.78, 5) is 25.5. The monoisotopic (exact) mass is 253 g/mol. The Hall–Kier alpha value is -1.06. The van der Waals surface area contributed by atoms with E-state index in [1.54, 1.807) is 0 Å². The summed E-state index contributed by atoms with van der Waals surface area (Å²) in [5.41, 5.74) is -0.180. The number of hydrogen-bond acceptors (Lipinski definition) is 2. The van der Waals surface area contributed by atoms with Crippen molar-refractivity contribution in [1.82, 2.24) is 4.90 Å². The Morgan fingerprint density at radius 1 is 1.28 bits per heavy atom. The maximum Gasteiger partial charge on any atom is 0.308 e. The molecule has 1 heterocycles. The lowest BCUT2D eigenvalue weighted by Gasteiger charge is -2.37. The number of likely N-dealkylation sites (tertiary alicyclic amines) is 1. The Morgan fingerprint density at radius 2 is 1.94 bits per heavy atom. The van der Waals surface area contributed by atoms with Crippen LogP contribution >= 0.6 is 0 Å². The Balaban J connectivity index is 2.06. The zero-order chi connectivity index (χ0) is 13.2. The number of carboxylic acid groups (broad SMARTS) is 1. The van der Waals surface area contributed by atoms with Crippen LogP contribution in [0, 0.1) is 11.3 Å². The van der Waals surface area contributed by atoms with Gasteiger partial charge < -0.3 is 10.0 Å². The molecule has 1 amide bonds. The lowest BCUT2D eigenvalue weighted by Crippen LogP contribution is -2.48. The highest BCUT2D eigenvalue weighted by Crippen LogP contribution is 2.43. The van der Waals surface area contributed by atoms with E-state index in [-0.39, 0.29) is 17.2 Å². The molecule has 0 aromatic heterocycles. The number of piperidine rings is 1. The molecule has 0 aromatic rings. The topological polar surface area (TPSA) is 57.6 Å². The van der Waals surface area contributed by atoms with Crippen LogP contribution in [-0.2, 0) is 9.59 Å². The third-order valence-corrected chi connectivity index (χ3v) is 4.75. The molecule has 2 aliphatic rings. The minimum atomic E-state index is -0.760. The number of carbonyl (C=O) groups is 2. The van der Waals surface area contributed by atoms with E-state index >= 15 is 0 Å². The SMILES string of the molecule is CCC1(C(=O)N2CCC[C@@H](C(=O)O)C2)CCCC1. The zero-order valence-electron chi connectivity index (χ0n) is 11.2. The van der Waals surface area contributed by atoms with Crippen LogP contribution in [0.25, 0.3) is 0 Å². The molecule has 0 aromatic carbocycles. The van der Waals surface area contributed by atoms with Crippen molar-refractivity contribution in [2.45, 2.75) is 51.9 Å². The van der Waals surface area contributed by atoms with E-state index in [1.807, 2.05) is 4.90 Å². The summed E-state index contributed by atoms with van der Waals surface area (Å²) >= 11 is 0. The van der Waals surface area contributed by atoms with Gasteiger partial charge in [-0.1, -0.05) is 19.8 Å². The third kappa shape index (κ3) is 2.38. The molecule has 2 rings (SSSR count). The molecule has 1 saturated heterocycles. The maximum atomic E-state index is 12.7. The van der Waals surface area contributed by atoms with Crippen molar-refractivity contribution < 1.29 is 14.7 Å². The number of carbonyl (C=O) groups excluding carboxylic acids is 1. The molecule has 1 saturated carbocycles. The van der Waals surface area contributed by atoms with Gasteiger partial charge in [0.2, 0.25) is 5.91 Å². The number of amides is 1. The standard InChI is InChI=1S/C14H23NO3/c1-2-14(7-3-4-8-14)13(18)15-9-5-6-11(10-15)12(16)17/h11H,2-10H2,1H3,(H,16,17)/t11-/m1/s1. The van der Waals surface area contributed by atoms with Gasteiger partial charge in [0, 0.05) is 18.5 Å². The summed E-state index contributed by atoms with van der Waals surface area (Å²) in [5, 5.41) is 9.09. The van der Waals surface area contributed by atoms with Crippen molar-refractivity contribution in [1.29, 1.82) is 0 Å². The fraction of sp³-hybridized carbons (Fsp3) is 0.857. The lowest BCUT2D eigenvalue weighted by molar-refractivity contribution is -0.149. The minimum Gasteiger partial charge on any atom is -0.481 e. The molecule has 2 fully saturated rings. The van der Waals surface area contributed by atoms with E-state index in [4.69, 9.17) is 5.11 Å². The smallest absolute Gasteiger partial charge is 0.308 e. The summed E-state index contributed by atoms with van der Waals surface area (Å²) in [6.07, 6.45) is 6.65. The van der Waals surface area contributed by atoms with E-state index in [9.17, 15) is 9.59 Å². The van der Waals surface area contributed by atoms with Gasteiger partial charge >= 0.3 is 5.97 Å². The second kappa shape index (κ2) is 5.29. The molecule has 102 valence electrons. The number of nitrogens with zero attached hydrogens (tertiary/aromatic N) is 1. The number of carboxylic acids is 1. The summed E-state index contributed by atoms with van der Waals surface area (Å²) in [6.45, 7) is 3.24. The number of rotatable bonds is 3. The van der Waals surface area contributed by atoms with Gasteiger partial charge in [0.25, 0.3) is 0 Å². The van der Waals surface area contributed by atoms with Gasteiger partial charge in [-0.15, -0.1) is 0 Å². The van der Waals surface area contributed by atoms with Crippen molar-refractivity contribution in [3.05, 3.63) is 0 Å². The first-order valence-electron chi connectivity index (χ1n) is 7.11. The lowest BCUT2D eigenvalue weighted by atomic mass is 9.81. The summed E-state index contributed by atoms with van der Waals surface area (Å²) in [5.74, 6) is -0.907. The molecule has 1 aliphatic heterocycles. The van der Waals surface area contributed by atoms with Crippen LogP contribution < -0.4 is 0 Å². The summed E-state index contributed by atoms with van der Waals surface area (Å²) < 4.78 is 0. The van der Waals surface area contributed by atoms with E-state index < -0.39 is 5.97 Å². The quantitative estimate of drug-likeness (QED) is 0.839. The van der Waals surface area contributed by atoms with Gasteiger partial charge in [-0.2, -0.15) is 0 Å². The van der Waals surface area contributed by atoms with Crippen LogP contribution in [0.15, 0.2) is 0 Å². The molecule has 4 heteroatoms. The fourth-order valence-electron chi connectivity index (χ4n) is 3.47. The Kier molecular flexibility index (Phi) is 3.93. The molecule has 0 unspecified atom stereocenters. The highest BCUT2D eigenvalue weighted by Gasteiger charge is 2.43. The van der Waals surface area contributed by atoms with Crippen molar-refractivity contribution in [2.75, 3.05) is 13.1 Å². The Morgan fingerprint density at radius 3 is 2.50 bits per heavy atom. The first-order valence-corrected chi connectivity index (χ1v) is 7.11. The maximum absolute atomic E-state index is 12.7. The molecule has 0 bridgehead atoms. The third-order valence-electron chi connectivity index (χ3n) is 4.75. The average molecular weight is 253 g/mol. The van der Waals surface area contributed by atoms with Crippen LogP contribution in [0.1, 0.15) is 51.9 Å². The summed E-state index contributed by atoms with van der Waals surface area (Å²) in [6, 6.07) is 0. The fourth-order valence-corrected chi connectivity index (χ4v) is 3.47. The van der Waals surface area contributed by atoms with Crippen LogP contribution in [0.4, 0.5) is 0 Å². The predicted octanol–water partition coefficient (Wildman–Crippen LogP) is 2.28. The molecule has 0 radical (unpaired) electrons. The normalized spacial score (nSPS) is 27.2. The first-order chi connectivity index (χ1) is 8.59. The van der Waals surface area contributed by atoms with Gasteiger partial charge in [0.1, 0.15) is 0 Å². The molecule has 1 aliphatic carbocycles. The number of aliphatic carboxylic acids is 1. The molecule has 0 spiro atoms. The zero-order valence-corrected chi connectivity index (χ0v) is 11.2. The summed E-state index contributed by atoms with van der Waals surface area (Å²) in [7, 11) is 0. The Labute approximate surface area is 108 Å². The van der Waals surface area contributed by atoms with Gasteiger partial charge in [-0.05, 0) is 32.1 Å². The van der Waals surface area contributed by atoms with Crippen molar-refractivity contribution in [2.24, 2.45) is 11.3 Å². The van der Waals surface area contributed by atoms with Crippen LogP contribution in [0.3, 0.4) is 0 Å². The molecule has 4 nitrogen and oxygen atoms in total.